The summed E-state index contributed by atoms with van der Waals surface area (Å²) in [6.45, 7) is 2.76. The zero-order valence-electron chi connectivity index (χ0n) is 7.14. The van der Waals surface area contributed by atoms with Crippen LogP contribution in [0.15, 0.2) is 12.3 Å². The minimum atomic E-state index is -4.26. The van der Waals surface area contributed by atoms with Gasteiger partial charge in [0.25, 0.3) is 0 Å². The molecule has 12 heavy (non-hydrogen) atoms. The van der Waals surface area contributed by atoms with Crippen molar-refractivity contribution < 1.29 is 18.6 Å². The zero-order chi connectivity index (χ0) is 9.24. The maximum atomic E-state index is 11.0. The Morgan fingerprint density at radius 2 is 2.00 bits per heavy atom. The minimum absolute atomic E-state index is 0.260. The Hall–Kier alpha value is -0.150. The minimum Gasteiger partial charge on any atom is -0.730 e. The summed E-state index contributed by atoms with van der Waals surface area (Å²) in [5.74, 6) is 0. The molecule has 70 valence electrons. The van der Waals surface area contributed by atoms with Crippen molar-refractivity contribution in [1.82, 2.24) is 0 Å². The monoisotopic (exact) mass is 191 g/mol. The van der Waals surface area contributed by atoms with E-state index in [2.05, 4.69) is 0 Å². The molecular formula is C7H14NO3P. The Morgan fingerprint density at radius 3 is 2.33 bits per heavy atom. The van der Waals surface area contributed by atoms with Gasteiger partial charge in [-0.3, -0.25) is 0 Å². The van der Waals surface area contributed by atoms with Crippen LogP contribution in [0, 0.1) is 0 Å². The molecule has 1 rings (SSSR count). The molecular weight excluding hydrogens is 177 g/mol. The predicted molar refractivity (Wildman–Crippen MR) is 43.9 cm³/mol. The van der Waals surface area contributed by atoms with Gasteiger partial charge in [-0.1, -0.05) is 0 Å². The van der Waals surface area contributed by atoms with Crippen LogP contribution in [-0.4, -0.2) is 22.2 Å². The van der Waals surface area contributed by atoms with E-state index in [0.717, 1.165) is 12.8 Å². The number of hydrogen-bond acceptors (Lipinski definition) is 2. The van der Waals surface area contributed by atoms with Crippen molar-refractivity contribution in [2.75, 3.05) is 13.1 Å². The molecule has 0 amide bonds. The summed E-state index contributed by atoms with van der Waals surface area (Å²) in [6, 6.07) is 0. The predicted octanol–water partition coefficient (Wildman–Crippen LogP) is 0.591. The molecule has 0 spiro atoms. The third kappa shape index (κ3) is 1.62. The van der Waals surface area contributed by atoms with Gasteiger partial charge in [-0.25, -0.2) is 8.82 Å². The molecule has 1 aliphatic heterocycles. The number of hydrogen-bond donors (Lipinski definition) is 1. The molecule has 0 aromatic carbocycles. The molecule has 1 unspecified atom stereocenters. The topological polar surface area (TPSA) is 60.4 Å². The van der Waals surface area contributed by atoms with Gasteiger partial charge in [-0.05, 0) is 13.0 Å². The first-order valence-corrected chi connectivity index (χ1v) is 5.60. The molecule has 5 heteroatoms. The van der Waals surface area contributed by atoms with Gasteiger partial charge in [-0.15, -0.1) is 0 Å². The molecule has 0 aromatic rings. The summed E-state index contributed by atoms with van der Waals surface area (Å²) < 4.78 is 10.8. The molecule has 1 saturated heterocycles. The smallest absolute Gasteiger partial charge is 0.330 e. The normalized spacial score (nSPS) is 27.6. The zero-order valence-corrected chi connectivity index (χ0v) is 8.04. The number of quaternary nitrogens is 1. The molecule has 4 nitrogen and oxygen atoms in total. The van der Waals surface area contributed by atoms with Gasteiger partial charge in [0.15, 0.2) is 0 Å². The van der Waals surface area contributed by atoms with Crippen molar-refractivity contribution in [3.8, 4) is 0 Å². The van der Waals surface area contributed by atoms with Crippen LogP contribution in [0.25, 0.3) is 0 Å². The quantitative estimate of drug-likeness (QED) is 0.650. The Balaban J connectivity index is 2.94. The molecule has 0 radical (unpaired) electrons. The summed E-state index contributed by atoms with van der Waals surface area (Å²) in [7, 11) is -4.26. The van der Waals surface area contributed by atoms with Crippen LogP contribution in [0.2, 0.25) is 0 Å². The summed E-state index contributed by atoms with van der Waals surface area (Å²) >= 11 is 0. The fraction of sp³-hybridized carbons (Fsp3) is 0.714. The SMILES string of the molecule is CC=C[N+]1(P(=O)([O-])O)CCCC1. The summed E-state index contributed by atoms with van der Waals surface area (Å²) in [4.78, 5) is 20.1. The molecule has 1 aliphatic rings. The second-order valence-electron chi connectivity index (χ2n) is 3.11. The largest absolute Gasteiger partial charge is 0.730 e. The first-order valence-electron chi connectivity index (χ1n) is 4.07. The molecule has 1 atom stereocenters. The van der Waals surface area contributed by atoms with E-state index in [4.69, 9.17) is 4.89 Å². The molecule has 0 aromatic heterocycles. The van der Waals surface area contributed by atoms with Gasteiger partial charge < -0.3 is 9.79 Å². The van der Waals surface area contributed by atoms with Gasteiger partial charge in [0.1, 0.15) is 0 Å². The Kier molecular flexibility index (Phi) is 2.74. The lowest BCUT2D eigenvalue weighted by Crippen LogP contribution is -2.39. The van der Waals surface area contributed by atoms with E-state index < -0.39 is 7.75 Å². The van der Waals surface area contributed by atoms with Gasteiger partial charge >= 0.3 is 7.75 Å². The summed E-state index contributed by atoms with van der Waals surface area (Å²) in [5, 5.41) is 0. The highest BCUT2D eigenvalue weighted by Gasteiger charge is 2.39. The highest BCUT2D eigenvalue weighted by Crippen LogP contribution is 2.48. The second-order valence-corrected chi connectivity index (χ2v) is 4.89. The summed E-state index contributed by atoms with van der Waals surface area (Å²) in [6.07, 6.45) is 4.95. The Bertz CT molecular complexity index is 227. The fourth-order valence-corrected chi connectivity index (χ4v) is 2.74. The van der Waals surface area contributed by atoms with Gasteiger partial charge in [0.2, 0.25) is 0 Å². The average Bonchev–Trinajstić information content (AvgIpc) is 2.36. The van der Waals surface area contributed by atoms with Gasteiger partial charge in [-0.2, -0.15) is 0 Å². The fourth-order valence-electron chi connectivity index (χ4n) is 1.65. The maximum absolute atomic E-state index is 11.0. The highest BCUT2D eigenvalue weighted by molar-refractivity contribution is 7.44. The van der Waals surface area contributed by atoms with Crippen LogP contribution in [0.5, 0.6) is 0 Å². The van der Waals surface area contributed by atoms with Crippen molar-refractivity contribution in [3.63, 3.8) is 0 Å². The molecule has 1 N–H and O–H groups in total. The Labute approximate surface area is 72.3 Å². The number of allylic oxidation sites excluding steroid dienone is 1. The first-order chi connectivity index (χ1) is 5.52. The number of likely N-dealkylation sites (tertiary alicyclic amines) is 1. The van der Waals surface area contributed by atoms with Gasteiger partial charge in [0, 0.05) is 12.8 Å². The number of rotatable bonds is 2. The average molecular weight is 191 g/mol. The second kappa shape index (κ2) is 3.30. The van der Waals surface area contributed by atoms with Crippen molar-refractivity contribution in [1.29, 1.82) is 0 Å². The van der Waals surface area contributed by atoms with Crippen LogP contribution in [-0.2, 0) is 4.57 Å². The lowest BCUT2D eigenvalue weighted by atomic mass is 10.4. The Morgan fingerprint density at radius 1 is 1.50 bits per heavy atom. The molecule has 0 saturated carbocycles. The first kappa shape index (κ1) is 9.93. The van der Waals surface area contributed by atoms with Crippen LogP contribution < -0.4 is 4.89 Å². The van der Waals surface area contributed by atoms with Crippen LogP contribution >= 0.6 is 7.75 Å². The van der Waals surface area contributed by atoms with E-state index in [-0.39, 0.29) is 4.25 Å². The summed E-state index contributed by atoms with van der Waals surface area (Å²) in [5.41, 5.74) is 0. The van der Waals surface area contributed by atoms with E-state index in [1.54, 1.807) is 19.2 Å². The van der Waals surface area contributed by atoms with E-state index >= 15 is 0 Å². The van der Waals surface area contributed by atoms with E-state index in [1.807, 2.05) is 0 Å². The molecule has 1 heterocycles. The lowest BCUT2D eigenvalue weighted by Gasteiger charge is -2.36. The number of nitrogens with zero attached hydrogens (tertiary/aromatic N) is 1. The van der Waals surface area contributed by atoms with E-state index in [9.17, 15) is 9.46 Å². The third-order valence-electron chi connectivity index (χ3n) is 2.27. The van der Waals surface area contributed by atoms with Crippen molar-refractivity contribution in [2.24, 2.45) is 0 Å². The van der Waals surface area contributed by atoms with Crippen LogP contribution in [0.3, 0.4) is 0 Å². The van der Waals surface area contributed by atoms with Crippen molar-refractivity contribution in [2.45, 2.75) is 19.8 Å². The van der Waals surface area contributed by atoms with E-state index in [1.165, 1.54) is 0 Å². The van der Waals surface area contributed by atoms with Gasteiger partial charge in [0.05, 0.1) is 19.3 Å². The van der Waals surface area contributed by atoms with E-state index in [0.29, 0.717) is 13.1 Å². The van der Waals surface area contributed by atoms with Crippen LogP contribution in [0.4, 0.5) is 0 Å². The third-order valence-corrected chi connectivity index (χ3v) is 3.81. The molecule has 0 aliphatic carbocycles. The van der Waals surface area contributed by atoms with Crippen LogP contribution in [0.1, 0.15) is 19.8 Å². The standard InChI is InChI=1S/C7H14NO3P/c1-2-5-8(12(9,10)11)6-3-4-7-8/h2,5H,3-4,6-7H2,1H3,(H-,9,10,11). The maximum Gasteiger partial charge on any atom is 0.330 e. The molecule has 0 bridgehead atoms. The van der Waals surface area contributed by atoms with Crippen molar-refractivity contribution >= 4 is 7.75 Å². The molecule has 1 fully saturated rings. The van der Waals surface area contributed by atoms with Crippen molar-refractivity contribution in [3.05, 3.63) is 12.3 Å². The lowest BCUT2D eigenvalue weighted by molar-refractivity contribution is -0.771. The highest BCUT2D eigenvalue weighted by atomic mass is 31.2.